The van der Waals surface area contributed by atoms with E-state index in [4.69, 9.17) is 9.47 Å². The summed E-state index contributed by atoms with van der Waals surface area (Å²) >= 11 is 0. The minimum atomic E-state index is -0.426. The predicted octanol–water partition coefficient (Wildman–Crippen LogP) is 4.60. The van der Waals surface area contributed by atoms with Crippen LogP contribution in [0.2, 0.25) is 0 Å². The van der Waals surface area contributed by atoms with Crippen LogP contribution in [0.4, 0.5) is 16.2 Å². The summed E-state index contributed by atoms with van der Waals surface area (Å²) in [5.41, 5.74) is 1.50. The van der Waals surface area contributed by atoms with Crippen molar-refractivity contribution in [3.63, 3.8) is 0 Å². The van der Waals surface area contributed by atoms with Gasteiger partial charge in [0.15, 0.2) is 0 Å². The zero-order chi connectivity index (χ0) is 25.0. The largest absolute Gasteiger partial charge is 0.496 e. The number of rotatable bonds is 11. The molecule has 184 valence electrons. The first-order chi connectivity index (χ1) is 17.0. The molecule has 0 radical (unpaired) electrons. The maximum absolute atomic E-state index is 12.6. The van der Waals surface area contributed by atoms with Crippen LogP contribution >= 0.6 is 0 Å². The van der Waals surface area contributed by atoms with Crippen molar-refractivity contribution in [3.8, 4) is 17.2 Å². The monoisotopic (exact) mass is 477 g/mol. The Hall–Kier alpha value is -4.11. The van der Waals surface area contributed by atoms with Gasteiger partial charge in [-0.15, -0.1) is 0 Å². The molecule has 0 aliphatic carbocycles. The molecule has 35 heavy (non-hydrogen) atoms. The molecule has 1 aromatic heterocycles. The second-order valence-corrected chi connectivity index (χ2v) is 7.59. The third-order valence-corrected chi connectivity index (χ3v) is 5.29. The normalized spacial score (nSPS) is 10.5. The van der Waals surface area contributed by atoms with Gasteiger partial charge >= 0.3 is 6.03 Å². The Bertz CT molecular complexity index is 1100. The van der Waals surface area contributed by atoms with Crippen molar-refractivity contribution in [1.29, 1.82) is 0 Å². The van der Waals surface area contributed by atoms with Gasteiger partial charge in [0.05, 0.1) is 18.9 Å². The summed E-state index contributed by atoms with van der Waals surface area (Å²) in [5.74, 6) is 1.40. The smallest absolute Gasteiger partial charge is 0.323 e. The zero-order valence-corrected chi connectivity index (χ0v) is 20.2. The van der Waals surface area contributed by atoms with Gasteiger partial charge < -0.3 is 30.3 Å². The highest BCUT2D eigenvalue weighted by Crippen LogP contribution is 2.24. The number of nitrogens with one attached hydrogen (secondary N) is 3. The molecule has 0 aliphatic heterocycles. The molecule has 0 bridgehead atoms. The van der Waals surface area contributed by atoms with Crippen LogP contribution in [-0.4, -0.2) is 55.1 Å². The average molecular weight is 478 g/mol. The number of hydrogen-bond acceptors (Lipinski definition) is 6. The fourth-order valence-electron chi connectivity index (χ4n) is 3.36. The summed E-state index contributed by atoms with van der Waals surface area (Å²) in [4.78, 5) is 31.3. The Morgan fingerprint density at radius 1 is 0.943 bits per heavy atom. The Labute approximate surface area is 205 Å². The predicted molar refractivity (Wildman–Crippen MR) is 137 cm³/mol. The van der Waals surface area contributed by atoms with E-state index in [1.165, 1.54) is 7.11 Å². The number of aromatic nitrogens is 1. The molecule has 3 aromatic rings. The molecule has 3 amide bonds. The van der Waals surface area contributed by atoms with E-state index >= 15 is 0 Å². The average Bonchev–Trinajstić information content (AvgIpc) is 2.88. The van der Waals surface area contributed by atoms with Crippen molar-refractivity contribution in [2.45, 2.75) is 13.8 Å². The van der Waals surface area contributed by atoms with Crippen molar-refractivity contribution >= 4 is 23.3 Å². The summed E-state index contributed by atoms with van der Waals surface area (Å²) in [6, 6.07) is 15.0. The Morgan fingerprint density at radius 3 is 2.31 bits per heavy atom. The zero-order valence-electron chi connectivity index (χ0n) is 20.2. The van der Waals surface area contributed by atoms with E-state index in [2.05, 4.69) is 39.7 Å². The maximum Gasteiger partial charge on any atom is 0.323 e. The number of pyridine rings is 1. The standard InChI is InChI=1S/C26H31N5O4/c1-4-31(5-2)16-15-28-25(32)23-13-10-20(17-24(23)34-3)30-26(33)29-19-8-11-21(12-9-19)35-22-7-6-14-27-18-22/h6-14,17-18H,4-5,15-16H2,1-3H3,(H,28,32)(H2,29,30,33). The lowest BCUT2D eigenvalue weighted by molar-refractivity contribution is 0.0946. The van der Waals surface area contributed by atoms with Crippen LogP contribution in [0.3, 0.4) is 0 Å². The summed E-state index contributed by atoms with van der Waals surface area (Å²) in [5, 5.41) is 8.43. The van der Waals surface area contributed by atoms with Crippen LogP contribution in [0.1, 0.15) is 24.2 Å². The van der Waals surface area contributed by atoms with Crippen LogP contribution in [0, 0.1) is 0 Å². The lowest BCUT2D eigenvalue weighted by Crippen LogP contribution is -2.34. The van der Waals surface area contributed by atoms with Gasteiger partial charge in [-0.1, -0.05) is 13.8 Å². The van der Waals surface area contributed by atoms with E-state index in [1.807, 2.05) is 6.07 Å². The molecule has 0 fully saturated rings. The van der Waals surface area contributed by atoms with Crippen molar-refractivity contribution < 1.29 is 19.1 Å². The fourth-order valence-corrected chi connectivity index (χ4v) is 3.36. The Kier molecular flexibility index (Phi) is 9.44. The molecule has 2 aromatic carbocycles. The Morgan fingerprint density at radius 2 is 1.66 bits per heavy atom. The molecule has 3 rings (SSSR count). The number of carbonyl (C=O) groups is 2. The highest BCUT2D eigenvalue weighted by molar-refractivity contribution is 6.01. The lowest BCUT2D eigenvalue weighted by Gasteiger charge is -2.18. The minimum Gasteiger partial charge on any atom is -0.496 e. The van der Waals surface area contributed by atoms with E-state index in [-0.39, 0.29) is 5.91 Å². The van der Waals surface area contributed by atoms with E-state index in [1.54, 1.807) is 60.9 Å². The number of anilines is 2. The van der Waals surface area contributed by atoms with Crippen LogP contribution < -0.4 is 25.4 Å². The third kappa shape index (κ3) is 7.72. The van der Waals surface area contributed by atoms with Crippen molar-refractivity contribution in [2.75, 3.05) is 43.9 Å². The molecule has 9 heteroatoms. The molecule has 0 unspecified atom stereocenters. The molecule has 0 saturated carbocycles. The minimum absolute atomic E-state index is 0.224. The molecular formula is C26H31N5O4. The number of carbonyl (C=O) groups excluding carboxylic acids is 2. The van der Waals surface area contributed by atoms with Gasteiger partial charge in [0.25, 0.3) is 5.91 Å². The summed E-state index contributed by atoms with van der Waals surface area (Å²) in [6.45, 7) is 7.35. The maximum atomic E-state index is 12.6. The van der Waals surface area contributed by atoms with Crippen LogP contribution in [-0.2, 0) is 0 Å². The lowest BCUT2D eigenvalue weighted by atomic mass is 10.1. The first kappa shape index (κ1) is 25.5. The van der Waals surface area contributed by atoms with Gasteiger partial charge in [-0.05, 0) is 61.6 Å². The SMILES string of the molecule is CCN(CC)CCNC(=O)c1ccc(NC(=O)Nc2ccc(Oc3cccnc3)cc2)cc1OC. The third-order valence-electron chi connectivity index (χ3n) is 5.29. The van der Waals surface area contributed by atoms with E-state index in [0.717, 1.165) is 19.6 Å². The van der Waals surface area contributed by atoms with Gasteiger partial charge in [0.1, 0.15) is 17.2 Å². The number of methoxy groups -OCH3 is 1. The molecule has 3 N–H and O–H groups in total. The number of likely N-dealkylation sites (N-methyl/N-ethyl adjacent to an activating group) is 1. The van der Waals surface area contributed by atoms with Crippen molar-refractivity contribution in [2.24, 2.45) is 0 Å². The van der Waals surface area contributed by atoms with Crippen molar-refractivity contribution in [3.05, 3.63) is 72.6 Å². The van der Waals surface area contributed by atoms with E-state index in [9.17, 15) is 9.59 Å². The molecule has 1 heterocycles. The number of benzene rings is 2. The first-order valence-corrected chi connectivity index (χ1v) is 11.5. The molecular weight excluding hydrogens is 446 g/mol. The summed E-state index contributed by atoms with van der Waals surface area (Å²) < 4.78 is 11.1. The highest BCUT2D eigenvalue weighted by atomic mass is 16.5. The molecule has 0 aliphatic rings. The quantitative estimate of drug-likeness (QED) is 0.373. The first-order valence-electron chi connectivity index (χ1n) is 11.5. The molecule has 0 atom stereocenters. The summed E-state index contributed by atoms with van der Waals surface area (Å²) in [7, 11) is 1.49. The molecule has 9 nitrogen and oxygen atoms in total. The number of amides is 3. The summed E-state index contributed by atoms with van der Waals surface area (Å²) in [6.07, 6.45) is 3.29. The highest BCUT2D eigenvalue weighted by Gasteiger charge is 2.14. The molecule has 0 spiro atoms. The van der Waals surface area contributed by atoms with E-state index in [0.29, 0.717) is 40.7 Å². The second kappa shape index (κ2) is 13.0. The van der Waals surface area contributed by atoms with Gasteiger partial charge in [-0.25, -0.2) is 4.79 Å². The number of nitrogens with zero attached hydrogens (tertiary/aromatic N) is 2. The molecule has 0 saturated heterocycles. The van der Waals surface area contributed by atoms with Crippen LogP contribution in [0.5, 0.6) is 17.2 Å². The van der Waals surface area contributed by atoms with E-state index < -0.39 is 6.03 Å². The number of ether oxygens (including phenoxy) is 2. The Balaban J connectivity index is 1.54. The van der Waals surface area contributed by atoms with Gasteiger partial charge in [-0.2, -0.15) is 0 Å². The van der Waals surface area contributed by atoms with Gasteiger partial charge in [0, 0.05) is 36.7 Å². The fraction of sp³-hybridized carbons (Fsp3) is 0.269. The van der Waals surface area contributed by atoms with Gasteiger partial charge in [0.2, 0.25) is 0 Å². The van der Waals surface area contributed by atoms with Gasteiger partial charge in [-0.3, -0.25) is 9.78 Å². The van der Waals surface area contributed by atoms with Crippen LogP contribution in [0.15, 0.2) is 67.0 Å². The number of urea groups is 1. The van der Waals surface area contributed by atoms with Crippen LogP contribution in [0.25, 0.3) is 0 Å². The second-order valence-electron chi connectivity index (χ2n) is 7.59. The number of hydrogen-bond donors (Lipinski definition) is 3. The topological polar surface area (TPSA) is 105 Å². The van der Waals surface area contributed by atoms with Crippen molar-refractivity contribution in [1.82, 2.24) is 15.2 Å².